The quantitative estimate of drug-likeness (QED) is 0.823. The standard InChI is InChI=1S/C15H21NS/c1-2-4-14-9-15(6-5-13(14)3-1)17-11-12-7-8-16-10-12/h5-6,9,12,16H,1-4,7-8,10-11H2. The average molecular weight is 247 g/mol. The first kappa shape index (κ1) is 11.6. The van der Waals surface area contributed by atoms with Gasteiger partial charge >= 0.3 is 0 Å². The van der Waals surface area contributed by atoms with Gasteiger partial charge in [0.2, 0.25) is 0 Å². The molecule has 0 saturated carbocycles. The molecule has 0 bridgehead atoms. The van der Waals surface area contributed by atoms with Crippen LogP contribution in [0, 0.1) is 5.92 Å². The minimum Gasteiger partial charge on any atom is -0.316 e. The third-order valence-electron chi connectivity index (χ3n) is 3.97. The zero-order valence-corrected chi connectivity index (χ0v) is 11.2. The highest BCUT2D eigenvalue weighted by molar-refractivity contribution is 7.99. The fraction of sp³-hybridized carbons (Fsp3) is 0.600. The second kappa shape index (κ2) is 5.45. The molecule has 1 nitrogen and oxygen atoms in total. The summed E-state index contributed by atoms with van der Waals surface area (Å²) in [5.74, 6) is 2.17. The molecule has 2 aliphatic rings. The largest absolute Gasteiger partial charge is 0.316 e. The average Bonchev–Trinajstić information content (AvgIpc) is 2.89. The van der Waals surface area contributed by atoms with E-state index in [1.807, 2.05) is 0 Å². The maximum absolute atomic E-state index is 3.45. The Morgan fingerprint density at radius 3 is 2.88 bits per heavy atom. The van der Waals surface area contributed by atoms with Gasteiger partial charge in [0.1, 0.15) is 0 Å². The third-order valence-corrected chi connectivity index (χ3v) is 5.19. The van der Waals surface area contributed by atoms with E-state index in [1.54, 1.807) is 11.1 Å². The van der Waals surface area contributed by atoms with E-state index in [-0.39, 0.29) is 0 Å². The van der Waals surface area contributed by atoms with Crippen LogP contribution in [0.5, 0.6) is 0 Å². The van der Waals surface area contributed by atoms with E-state index in [0.29, 0.717) is 0 Å². The minimum atomic E-state index is 0.885. The molecule has 1 aliphatic carbocycles. The van der Waals surface area contributed by atoms with Crippen molar-refractivity contribution in [1.82, 2.24) is 5.32 Å². The van der Waals surface area contributed by atoms with Gasteiger partial charge in [0, 0.05) is 10.6 Å². The van der Waals surface area contributed by atoms with Gasteiger partial charge in [0.15, 0.2) is 0 Å². The second-order valence-corrected chi connectivity index (χ2v) is 6.40. The topological polar surface area (TPSA) is 12.0 Å². The van der Waals surface area contributed by atoms with E-state index in [4.69, 9.17) is 0 Å². The predicted octanol–water partition coefficient (Wildman–Crippen LogP) is 3.27. The Morgan fingerprint density at radius 1 is 1.18 bits per heavy atom. The van der Waals surface area contributed by atoms with Crippen LogP contribution in [-0.4, -0.2) is 18.8 Å². The maximum atomic E-state index is 3.45. The summed E-state index contributed by atoms with van der Waals surface area (Å²) < 4.78 is 0. The first-order chi connectivity index (χ1) is 8.42. The zero-order chi connectivity index (χ0) is 11.5. The molecule has 1 heterocycles. The summed E-state index contributed by atoms with van der Waals surface area (Å²) in [5.41, 5.74) is 3.22. The van der Waals surface area contributed by atoms with Crippen molar-refractivity contribution in [3.8, 4) is 0 Å². The lowest BCUT2D eigenvalue weighted by atomic mass is 9.92. The van der Waals surface area contributed by atoms with Crippen molar-refractivity contribution < 1.29 is 0 Å². The molecule has 2 heteroatoms. The van der Waals surface area contributed by atoms with Crippen LogP contribution in [0.2, 0.25) is 0 Å². The Labute approximate surface area is 108 Å². The van der Waals surface area contributed by atoms with E-state index in [1.165, 1.54) is 55.8 Å². The van der Waals surface area contributed by atoms with Gasteiger partial charge in [-0.1, -0.05) is 6.07 Å². The lowest BCUT2D eigenvalue weighted by molar-refractivity contribution is 0.662. The van der Waals surface area contributed by atoms with E-state index in [0.717, 1.165) is 5.92 Å². The Kier molecular flexibility index (Phi) is 3.72. The molecular weight excluding hydrogens is 226 g/mol. The highest BCUT2D eigenvalue weighted by atomic mass is 32.2. The van der Waals surface area contributed by atoms with E-state index < -0.39 is 0 Å². The van der Waals surface area contributed by atoms with Crippen LogP contribution in [0.4, 0.5) is 0 Å². The summed E-state index contributed by atoms with van der Waals surface area (Å²) in [7, 11) is 0. The van der Waals surface area contributed by atoms with Crippen LogP contribution in [0.1, 0.15) is 30.4 Å². The van der Waals surface area contributed by atoms with Gasteiger partial charge < -0.3 is 5.32 Å². The molecule has 92 valence electrons. The highest BCUT2D eigenvalue weighted by Gasteiger charge is 2.15. The van der Waals surface area contributed by atoms with Crippen LogP contribution in [0.3, 0.4) is 0 Å². The van der Waals surface area contributed by atoms with Crippen LogP contribution >= 0.6 is 11.8 Å². The van der Waals surface area contributed by atoms with Crippen LogP contribution in [-0.2, 0) is 12.8 Å². The normalized spacial score (nSPS) is 23.6. The summed E-state index contributed by atoms with van der Waals surface area (Å²) in [5, 5.41) is 3.45. The first-order valence-corrected chi connectivity index (χ1v) is 7.86. The van der Waals surface area contributed by atoms with E-state index in [2.05, 4.69) is 35.3 Å². The Bertz CT molecular complexity index is 383. The van der Waals surface area contributed by atoms with Gasteiger partial charge in [-0.2, -0.15) is 0 Å². The number of hydrogen-bond acceptors (Lipinski definition) is 2. The van der Waals surface area contributed by atoms with Gasteiger partial charge in [0.05, 0.1) is 0 Å². The van der Waals surface area contributed by atoms with E-state index in [9.17, 15) is 0 Å². The monoisotopic (exact) mass is 247 g/mol. The zero-order valence-electron chi connectivity index (χ0n) is 10.4. The van der Waals surface area contributed by atoms with Crippen LogP contribution in [0.15, 0.2) is 23.1 Å². The SMILES string of the molecule is c1cc2c(cc1SCC1CCNC1)CCCC2. The van der Waals surface area contributed by atoms with Crippen molar-refractivity contribution in [3.63, 3.8) is 0 Å². The molecule has 0 spiro atoms. The van der Waals surface area contributed by atoms with Gasteiger partial charge in [-0.3, -0.25) is 0 Å². The van der Waals surface area contributed by atoms with Gasteiger partial charge in [-0.15, -0.1) is 11.8 Å². The summed E-state index contributed by atoms with van der Waals surface area (Å²) in [4.78, 5) is 1.48. The summed E-state index contributed by atoms with van der Waals surface area (Å²) in [6.45, 7) is 2.44. The van der Waals surface area contributed by atoms with Gasteiger partial charge in [-0.25, -0.2) is 0 Å². The molecule has 0 radical (unpaired) electrons. The van der Waals surface area contributed by atoms with Crippen molar-refractivity contribution in [2.24, 2.45) is 5.92 Å². The summed E-state index contributed by atoms with van der Waals surface area (Å²) in [6, 6.07) is 7.14. The van der Waals surface area contributed by atoms with Crippen LogP contribution in [0.25, 0.3) is 0 Å². The molecule has 1 N–H and O–H groups in total. The molecule has 1 unspecified atom stereocenters. The molecule has 1 aromatic rings. The number of rotatable bonds is 3. The molecule has 0 amide bonds. The molecule has 1 aliphatic heterocycles. The Morgan fingerprint density at radius 2 is 2.06 bits per heavy atom. The lowest BCUT2D eigenvalue weighted by Gasteiger charge is -2.16. The summed E-state index contributed by atoms with van der Waals surface area (Å²) in [6.07, 6.45) is 6.72. The van der Waals surface area contributed by atoms with Crippen molar-refractivity contribution >= 4 is 11.8 Å². The van der Waals surface area contributed by atoms with Crippen molar-refractivity contribution in [3.05, 3.63) is 29.3 Å². The van der Waals surface area contributed by atoms with Crippen molar-refractivity contribution in [1.29, 1.82) is 0 Å². The van der Waals surface area contributed by atoms with Crippen LogP contribution < -0.4 is 5.32 Å². The Hall–Kier alpha value is -0.470. The molecule has 3 rings (SSSR count). The third kappa shape index (κ3) is 2.86. The molecule has 0 aromatic heterocycles. The summed E-state index contributed by atoms with van der Waals surface area (Å²) >= 11 is 2.05. The van der Waals surface area contributed by atoms with Crippen molar-refractivity contribution in [2.75, 3.05) is 18.8 Å². The molecular formula is C15H21NS. The second-order valence-electron chi connectivity index (χ2n) is 5.31. The lowest BCUT2D eigenvalue weighted by Crippen LogP contribution is -2.10. The molecule has 17 heavy (non-hydrogen) atoms. The van der Waals surface area contributed by atoms with Crippen molar-refractivity contribution in [2.45, 2.75) is 37.0 Å². The molecule has 1 atom stereocenters. The number of fused-ring (bicyclic) bond motifs is 1. The molecule has 1 aromatic carbocycles. The smallest absolute Gasteiger partial charge is 0.00749 e. The first-order valence-electron chi connectivity index (χ1n) is 6.87. The molecule has 1 fully saturated rings. The predicted molar refractivity (Wildman–Crippen MR) is 74.8 cm³/mol. The fourth-order valence-electron chi connectivity index (χ4n) is 2.87. The minimum absolute atomic E-state index is 0.885. The number of nitrogens with one attached hydrogen (secondary N) is 1. The maximum Gasteiger partial charge on any atom is 0.00749 e. The molecule has 1 saturated heterocycles. The number of thioether (sulfide) groups is 1. The number of hydrogen-bond donors (Lipinski definition) is 1. The van der Waals surface area contributed by atoms with E-state index >= 15 is 0 Å². The highest BCUT2D eigenvalue weighted by Crippen LogP contribution is 2.28. The Balaban J connectivity index is 1.62. The van der Waals surface area contributed by atoms with Gasteiger partial charge in [-0.05, 0) is 74.4 Å². The number of benzene rings is 1. The fourth-order valence-corrected chi connectivity index (χ4v) is 3.97. The number of aryl methyl sites for hydroxylation is 2. The van der Waals surface area contributed by atoms with Gasteiger partial charge in [0.25, 0.3) is 0 Å².